The van der Waals surface area contributed by atoms with Crippen LogP contribution in [0.2, 0.25) is 0 Å². The summed E-state index contributed by atoms with van der Waals surface area (Å²) in [5.41, 5.74) is 0.671. The molecule has 1 aliphatic rings. The molecule has 2 aromatic rings. The number of nitrogens with one attached hydrogen (secondary N) is 2. The lowest BCUT2D eigenvalue weighted by Crippen LogP contribution is -2.55. The molecule has 0 saturated carbocycles. The smallest absolute Gasteiger partial charge is 0.366 e. The molecule has 2 aromatic heterocycles. The second kappa shape index (κ2) is 6.84. The van der Waals surface area contributed by atoms with E-state index in [1.807, 2.05) is 11.4 Å². The van der Waals surface area contributed by atoms with E-state index in [-0.39, 0.29) is 13.2 Å². The zero-order valence-corrected chi connectivity index (χ0v) is 13.4. The first-order valence-corrected chi connectivity index (χ1v) is 7.58. The SMILES string of the molecule is CN(c1ncnc2[nH]ccc12)N1CCOC(C(=O)NCC(F)(F)F)C1. The summed E-state index contributed by atoms with van der Waals surface area (Å²) in [7, 11) is 1.77. The van der Waals surface area contributed by atoms with Gasteiger partial charge in [0.15, 0.2) is 11.9 Å². The summed E-state index contributed by atoms with van der Waals surface area (Å²) >= 11 is 0. The van der Waals surface area contributed by atoms with E-state index in [4.69, 9.17) is 4.74 Å². The van der Waals surface area contributed by atoms with Crippen molar-refractivity contribution in [3.63, 3.8) is 0 Å². The van der Waals surface area contributed by atoms with Crippen molar-refractivity contribution in [3.8, 4) is 0 Å². The Morgan fingerprint density at radius 3 is 3.08 bits per heavy atom. The molecule has 0 radical (unpaired) electrons. The molecule has 1 fully saturated rings. The molecule has 136 valence electrons. The first kappa shape index (κ1) is 17.4. The molecular weight excluding hydrogens is 341 g/mol. The second-order valence-electron chi connectivity index (χ2n) is 5.57. The number of carbonyl (C=O) groups excluding carboxylic acids is 1. The van der Waals surface area contributed by atoms with E-state index in [0.717, 1.165) is 5.39 Å². The minimum absolute atomic E-state index is 0.121. The Kier molecular flexibility index (Phi) is 4.77. The molecule has 1 saturated heterocycles. The van der Waals surface area contributed by atoms with Gasteiger partial charge in [-0.1, -0.05) is 0 Å². The van der Waals surface area contributed by atoms with Gasteiger partial charge in [0.2, 0.25) is 0 Å². The van der Waals surface area contributed by atoms with Gasteiger partial charge in [0.25, 0.3) is 5.91 Å². The predicted molar refractivity (Wildman–Crippen MR) is 82.7 cm³/mol. The molecule has 3 rings (SSSR count). The number of rotatable bonds is 4. The number of anilines is 1. The number of fused-ring (bicyclic) bond motifs is 1. The number of hydrogen-bond donors (Lipinski definition) is 2. The molecule has 11 heteroatoms. The third-order valence-corrected chi connectivity index (χ3v) is 3.86. The zero-order valence-electron chi connectivity index (χ0n) is 13.4. The van der Waals surface area contributed by atoms with Crippen LogP contribution in [0.5, 0.6) is 0 Å². The molecule has 1 atom stereocenters. The summed E-state index contributed by atoms with van der Waals surface area (Å²) in [5.74, 6) is -0.160. The van der Waals surface area contributed by atoms with Crippen LogP contribution in [-0.4, -0.2) is 71.4 Å². The maximum atomic E-state index is 12.2. The number of halogens is 3. The van der Waals surface area contributed by atoms with Gasteiger partial charge in [-0.05, 0) is 6.07 Å². The highest BCUT2D eigenvalue weighted by molar-refractivity contribution is 5.87. The van der Waals surface area contributed by atoms with Crippen LogP contribution in [0, 0.1) is 0 Å². The Hall–Kier alpha value is -2.40. The number of hydrogen-bond acceptors (Lipinski definition) is 6. The number of hydrazine groups is 1. The van der Waals surface area contributed by atoms with Crippen molar-refractivity contribution < 1.29 is 22.7 Å². The number of amides is 1. The summed E-state index contributed by atoms with van der Waals surface area (Å²) in [6.45, 7) is -0.557. The van der Waals surface area contributed by atoms with Crippen LogP contribution in [-0.2, 0) is 9.53 Å². The average Bonchev–Trinajstić information content (AvgIpc) is 3.07. The van der Waals surface area contributed by atoms with E-state index >= 15 is 0 Å². The van der Waals surface area contributed by atoms with Crippen LogP contribution >= 0.6 is 0 Å². The van der Waals surface area contributed by atoms with Crippen molar-refractivity contribution in [2.75, 3.05) is 38.3 Å². The molecule has 25 heavy (non-hydrogen) atoms. The predicted octanol–water partition coefficient (Wildman–Crippen LogP) is 0.688. The Morgan fingerprint density at radius 1 is 1.52 bits per heavy atom. The number of carbonyl (C=O) groups is 1. The average molecular weight is 358 g/mol. The molecule has 8 nitrogen and oxygen atoms in total. The van der Waals surface area contributed by atoms with Gasteiger partial charge in [-0.25, -0.2) is 15.0 Å². The van der Waals surface area contributed by atoms with Crippen LogP contribution in [0.1, 0.15) is 0 Å². The van der Waals surface area contributed by atoms with Gasteiger partial charge in [-0.15, -0.1) is 0 Å². The highest BCUT2D eigenvalue weighted by Gasteiger charge is 2.33. The van der Waals surface area contributed by atoms with Gasteiger partial charge in [0.05, 0.1) is 18.5 Å². The Labute approximate surface area is 140 Å². The molecule has 0 aliphatic carbocycles. The third kappa shape index (κ3) is 3.99. The van der Waals surface area contributed by atoms with Crippen LogP contribution < -0.4 is 10.3 Å². The third-order valence-electron chi connectivity index (χ3n) is 3.86. The number of aromatic amines is 1. The summed E-state index contributed by atoms with van der Waals surface area (Å²) in [4.78, 5) is 23.3. The van der Waals surface area contributed by atoms with Crippen molar-refractivity contribution in [3.05, 3.63) is 18.6 Å². The fourth-order valence-corrected chi connectivity index (χ4v) is 2.62. The largest absolute Gasteiger partial charge is 0.405 e. The Morgan fingerprint density at radius 2 is 2.32 bits per heavy atom. The minimum atomic E-state index is -4.46. The standard InChI is InChI=1S/C14H17F3N6O2/c1-22(12-9-2-3-18-11(9)20-8-21-12)23-4-5-25-10(6-23)13(24)19-7-14(15,16)17/h2-3,8,10H,4-7H2,1H3,(H,19,24)(H,18,20,21). The van der Waals surface area contributed by atoms with E-state index in [1.165, 1.54) is 6.33 Å². The van der Waals surface area contributed by atoms with Gasteiger partial charge in [0, 0.05) is 19.8 Å². The molecule has 0 bridgehead atoms. The molecule has 1 unspecified atom stereocenters. The highest BCUT2D eigenvalue weighted by atomic mass is 19.4. The van der Waals surface area contributed by atoms with Gasteiger partial charge >= 0.3 is 6.18 Å². The number of ether oxygens (including phenoxy) is 1. The monoisotopic (exact) mass is 358 g/mol. The van der Waals surface area contributed by atoms with Gasteiger partial charge in [-0.3, -0.25) is 9.80 Å². The van der Waals surface area contributed by atoms with Gasteiger partial charge in [-0.2, -0.15) is 13.2 Å². The van der Waals surface area contributed by atoms with Crippen molar-refractivity contribution in [2.24, 2.45) is 0 Å². The fraction of sp³-hybridized carbons (Fsp3) is 0.500. The van der Waals surface area contributed by atoms with Crippen molar-refractivity contribution in [1.29, 1.82) is 0 Å². The zero-order chi connectivity index (χ0) is 18.0. The second-order valence-corrected chi connectivity index (χ2v) is 5.57. The molecule has 1 amide bonds. The lowest BCUT2D eigenvalue weighted by atomic mass is 10.2. The van der Waals surface area contributed by atoms with Crippen molar-refractivity contribution in [2.45, 2.75) is 12.3 Å². The first-order chi connectivity index (χ1) is 11.8. The van der Waals surface area contributed by atoms with E-state index in [9.17, 15) is 18.0 Å². The van der Waals surface area contributed by atoms with E-state index < -0.39 is 24.7 Å². The number of H-pyrrole nitrogens is 1. The van der Waals surface area contributed by atoms with Crippen LogP contribution in [0.15, 0.2) is 18.6 Å². The summed E-state index contributed by atoms with van der Waals surface area (Å²) in [6, 6.07) is 1.83. The fourth-order valence-electron chi connectivity index (χ4n) is 2.62. The molecule has 0 aromatic carbocycles. The van der Waals surface area contributed by atoms with Crippen molar-refractivity contribution in [1.82, 2.24) is 25.3 Å². The maximum Gasteiger partial charge on any atom is 0.405 e. The van der Waals surface area contributed by atoms with E-state index in [2.05, 4.69) is 15.0 Å². The molecule has 0 spiro atoms. The molecule has 3 heterocycles. The number of alkyl halides is 3. The Balaban J connectivity index is 1.68. The molecular formula is C14H17F3N6O2. The topological polar surface area (TPSA) is 86.4 Å². The van der Waals surface area contributed by atoms with Crippen LogP contribution in [0.4, 0.5) is 19.0 Å². The summed E-state index contributed by atoms with van der Waals surface area (Å²) in [5, 5.41) is 6.21. The lowest BCUT2D eigenvalue weighted by molar-refractivity contribution is -0.149. The first-order valence-electron chi connectivity index (χ1n) is 7.58. The number of morpholine rings is 1. The highest BCUT2D eigenvalue weighted by Crippen LogP contribution is 2.23. The normalized spacial score (nSPS) is 19.1. The quantitative estimate of drug-likeness (QED) is 0.836. The van der Waals surface area contributed by atoms with E-state index in [1.54, 1.807) is 23.3 Å². The number of nitrogens with zero attached hydrogens (tertiary/aromatic N) is 4. The van der Waals surface area contributed by atoms with Crippen LogP contribution in [0.25, 0.3) is 11.0 Å². The van der Waals surface area contributed by atoms with Crippen LogP contribution in [0.3, 0.4) is 0 Å². The Bertz CT molecular complexity index is 749. The molecule has 2 N–H and O–H groups in total. The van der Waals surface area contributed by atoms with Gasteiger partial charge < -0.3 is 15.0 Å². The minimum Gasteiger partial charge on any atom is -0.366 e. The number of aromatic nitrogens is 3. The van der Waals surface area contributed by atoms with Gasteiger partial charge in [0.1, 0.15) is 18.5 Å². The van der Waals surface area contributed by atoms with E-state index in [0.29, 0.717) is 18.0 Å². The maximum absolute atomic E-state index is 12.2. The molecule has 1 aliphatic heterocycles. The van der Waals surface area contributed by atoms with Crippen molar-refractivity contribution >= 4 is 22.8 Å². The summed E-state index contributed by atoms with van der Waals surface area (Å²) in [6.07, 6.45) is -2.29. The summed E-state index contributed by atoms with van der Waals surface area (Å²) < 4.78 is 42.0. The lowest BCUT2D eigenvalue weighted by Gasteiger charge is -2.38.